The van der Waals surface area contributed by atoms with Gasteiger partial charge >= 0.3 is 0 Å². The van der Waals surface area contributed by atoms with Gasteiger partial charge in [0, 0.05) is 44.2 Å². The van der Waals surface area contributed by atoms with Crippen LogP contribution in [0.5, 0.6) is 0 Å². The number of guanidine groups is 1. The number of likely N-dealkylation sites (tertiary alicyclic amines) is 1. The average molecular weight is 520 g/mol. The normalized spacial score (nSPS) is 24.0. The Labute approximate surface area is 194 Å². The lowest BCUT2D eigenvalue weighted by atomic mass is 9.88. The van der Waals surface area contributed by atoms with Crippen molar-refractivity contribution >= 4 is 35.8 Å². The molecule has 0 aromatic carbocycles. The molecule has 2 N–H and O–H groups in total. The number of aliphatic imine (C=N–C) groups is 1. The van der Waals surface area contributed by atoms with Gasteiger partial charge in [0.1, 0.15) is 0 Å². The number of hydrogen-bond acceptors (Lipinski definition) is 3. The Hall–Kier alpha value is -0.570. The number of halogens is 1. The Balaban J connectivity index is 0.00000300. The zero-order chi connectivity index (χ0) is 19.8. The highest BCUT2D eigenvalue weighted by Gasteiger charge is 2.31. The fourth-order valence-electron chi connectivity index (χ4n) is 5.05. The summed E-state index contributed by atoms with van der Waals surface area (Å²) in [5.74, 6) is 1.57. The van der Waals surface area contributed by atoms with Gasteiger partial charge in [0.05, 0.1) is 6.54 Å². The van der Waals surface area contributed by atoms with Crippen LogP contribution in [0.25, 0.3) is 0 Å². The van der Waals surface area contributed by atoms with Crippen molar-refractivity contribution < 1.29 is 4.79 Å². The van der Waals surface area contributed by atoms with Gasteiger partial charge in [0.2, 0.25) is 5.91 Å². The number of carbonyl (C=O) groups excluding carboxylic acids is 1. The van der Waals surface area contributed by atoms with Crippen molar-refractivity contribution in [2.45, 2.75) is 83.2 Å². The number of rotatable bonds is 7. The maximum absolute atomic E-state index is 12.8. The lowest BCUT2D eigenvalue weighted by Crippen LogP contribution is -2.46. The number of likely N-dealkylation sites (N-methyl/N-ethyl adjacent to an activating group) is 1. The lowest BCUT2D eigenvalue weighted by molar-refractivity contribution is -0.135. The Morgan fingerprint density at radius 3 is 2.45 bits per heavy atom. The van der Waals surface area contributed by atoms with Gasteiger partial charge in [-0.15, -0.1) is 24.0 Å². The lowest BCUT2D eigenvalue weighted by Gasteiger charge is -2.26. The largest absolute Gasteiger partial charge is 0.357 e. The van der Waals surface area contributed by atoms with Crippen LogP contribution in [0.15, 0.2) is 4.99 Å². The van der Waals surface area contributed by atoms with Crippen LogP contribution in [-0.4, -0.2) is 73.5 Å². The number of amides is 1. The highest BCUT2D eigenvalue weighted by atomic mass is 127. The summed E-state index contributed by atoms with van der Waals surface area (Å²) in [6, 6.07) is 1.07. The molecule has 1 saturated heterocycles. The minimum atomic E-state index is 0. The number of carbonyl (C=O) groups is 1. The fraction of sp³-hybridized carbons (Fsp3) is 0.909. The van der Waals surface area contributed by atoms with Crippen LogP contribution in [-0.2, 0) is 4.79 Å². The summed E-state index contributed by atoms with van der Waals surface area (Å²) in [7, 11) is 2.23. The highest BCUT2D eigenvalue weighted by Crippen LogP contribution is 2.26. The molecule has 1 aliphatic heterocycles. The topological polar surface area (TPSA) is 60.0 Å². The molecule has 0 aromatic heterocycles. The third-order valence-electron chi connectivity index (χ3n) is 6.81. The van der Waals surface area contributed by atoms with Gasteiger partial charge in [-0.2, -0.15) is 0 Å². The zero-order valence-corrected chi connectivity index (χ0v) is 20.8. The first-order valence-corrected chi connectivity index (χ1v) is 11.7. The van der Waals surface area contributed by atoms with Gasteiger partial charge in [-0.05, 0) is 46.1 Å². The van der Waals surface area contributed by atoms with Gasteiger partial charge in [-0.25, -0.2) is 0 Å². The summed E-state index contributed by atoms with van der Waals surface area (Å²) in [4.78, 5) is 22.1. The summed E-state index contributed by atoms with van der Waals surface area (Å²) >= 11 is 0. The second-order valence-electron chi connectivity index (χ2n) is 8.93. The number of hydrogen-bond donors (Lipinski definition) is 2. The van der Waals surface area contributed by atoms with Gasteiger partial charge in [0.15, 0.2) is 5.96 Å². The molecule has 6 nitrogen and oxygen atoms in total. The molecule has 1 amide bonds. The maximum Gasteiger partial charge on any atom is 0.225 e. The van der Waals surface area contributed by atoms with Crippen molar-refractivity contribution in [2.75, 3.05) is 39.8 Å². The third-order valence-corrected chi connectivity index (χ3v) is 6.81. The molecule has 3 rings (SSSR count). The van der Waals surface area contributed by atoms with E-state index in [1.54, 1.807) is 0 Å². The molecular formula is C22H42IN5O. The van der Waals surface area contributed by atoms with Crippen LogP contribution >= 0.6 is 24.0 Å². The van der Waals surface area contributed by atoms with Gasteiger partial charge < -0.3 is 20.4 Å². The zero-order valence-electron chi connectivity index (χ0n) is 18.5. The van der Waals surface area contributed by atoms with Gasteiger partial charge in [0.25, 0.3) is 0 Å². The fourth-order valence-corrected chi connectivity index (χ4v) is 5.05. The van der Waals surface area contributed by atoms with Crippen LogP contribution in [0.3, 0.4) is 0 Å². The SMILES string of the molecule is CCNC(=NCCN(C)C1CCCC1)NC1CCN(C(=O)C2CCCCC2)C1.I. The second kappa shape index (κ2) is 13.0. The Bertz CT molecular complexity index is 517. The summed E-state index contributed by atoms with van der Waals surface area (Å²) < 4.78 is 0. The molecular weight excluding hydrogens is 477 g/mol. The van der Waals surface area contributed by atoms with Crippen molar-refractivity contribution in [3.05, 3.63) is 0 Å². The van der Waals surface area contributed by atoms with E-state index in [1.165, 1.54) is 44.9 Å². The van der Waals surface area contributed by atoms with Crippen molar-refractivity contribution in [1.29, 1.82) is 0 Å². The van der Waals surface area contributed by atoms with Crippen LogP contribution in [0.2, 0.25) is 0 Å². The molecule has 0 bridgehead atoms. The maximum atomic E-state index is 12.8. The van der Waals surface area contributed by atoms with E-state index in [0.717, 1.165) is 64.0 Å². The van der Waals surface area contributed by atoms with E-state index in [9.17, 15) is 4.79 Å². The molecule has 3 aliphatic rings. The molecule has 3 fully saturated rings. The molecule has 29 heavy (non-hydrogen) atoms. The summed E-state index contributed by atoms with van der Waals surface area (Å²) in [6.07, 6.45) is 12.4. The molecule has 0 spiro atoms. The van der Waals surface area contributed by atoms with Crippen molar-refractivity contribution in [3.63, 3.8) is 0 Å². The first-order chi connectivity index (χ1) is 13.7. The number of nitrogens with zero attached hydrogens (tertiary/aromatic N) is 3. The van der Waals surface area contributed by atoms with E-state index in [2.05, 4.69) is 34.4 Å². The van der Waals surface area contributed by atoms with Crippen LogP contribution < -0.4 is 10.6 Å². The summed E-state index contributed by atoms with van der Waals surface area (Å²) in [5, 5.41) is 6.95. The Kier molecular flexibility index (Phi) is 11.0. The van der Waals surface area contributed by atoms with Gasteiger partial charge in [-0.3, -0.25) is 9.79 Å². The summed E-state index contributed by atoms with van der Waals surface area (Å²) in [5.41, 5.74) is 0. The van der Waals surface area contributed by atoms with Crippen molar-refractivity contribution in [3.8, 4) is 0 Å². The minimum Gasteiger partial charge on any atom is -0.357 e. The van der Waals surface area contributed by atoms with E-state index in [4.69, 9.17) is 4.99 Å². The first kappa shape index (κ1) is 24.7. The van der Waals surface area contributed by atoms with Gasteiger partial charge in [-0.1, -0.05) is 32.1 Å². The van der Waals surface area contributed by atoms with E-state index >= 15 is 0 Å². The molecule has 1 atom stereocenters. The van der Waals surface area contributed by atoms with E-state index < -0.39 is 0 Å². The van der Waals surface area contributed by atoms with Crippen LogP contribution in [0, 0.1) is 5.92 Å². The van der Waals surface area contributed by atoms with E-state index in [-0.39, 0.29) is 29.9 Å². The standard InChI is InChI=1S/C22H41N5O.HI/c1-3-23-22(24-14-16-26(2)20-11-7-8-12-20)25-19-13-15-27(17-19)21(28)18-9-5-4-6-10-18;/h18-20H,3-17H2,1-2H3,(H2,23,24,25);1H. The Morgan fingerprint density at radius 2 is 1.76 bits per heavy atom. The second-order valence-corrected chi connectivity index (χ2v) is 8.93. The first-order valence-electron chi connectivity index (χ1n) is 11.7. The molecule has 2 saturated carbocycles. The quantitative estimate of drug-likeness (QED) is 0.308. The predicted octanol–water partition coefficient (Wildman–Crippen LogP) is 3.22. The van der Waals surface area contributed by atoms with E-state index in [1.807, 2.05) is 0 Å². The average Bonchev–Trinajstić information content (AvgIpc) is 3.40. The molecule has 0 radical (unpaired) electrons. The monoisotopic (exact) mass is 519 g/mol. The Morgan fingerprint density at radius 1 is 1.07 bits per heavy atom. The molecule has 168 valence electrons. The summed E-state index contributed by atoms with van der Waals surface area (Å²) in [6.45, 7) is 6.51. The van der Waals surface area contributed by atoms with Crippen molar-refractivity contribution in [1.82, 2.24) is 20.4 Å². The minimum absolute atomic E-state index is 0. The molecule has 0 aromatic rings. The molecule has 1 unspecified atom stereocenters. The van der Waals surface area contributed by atoms with Crippen LogP contribution in [0.4, 0.5) is 0 Å². The highest BCUT2D eigenvalue weighted by molar-refractivity contribution is 14.0. The smallest absolute Gasteiger partial charge is 0.225 e. The third kappa shape index (κ3) is 7.56. The molecule has 1 heterocycles. The van der Waals surface area contributed by atoms with E-state index in [0.29, 0.717) is 11.9 Å². The number of nitrogens with one attached hydrogen (secondary N) is 2. The van der Waals surface area contributed by atoms with Crippen molar-refractivity contribution in [2.24, 2.45) is 10.9 Å². The predicted molar refractivity (Wildman–Crippen MR) is 131 cm³/mol. The molecule has 2 aliphatic carbocycles. The van der Waals surface area contributed by atoms with Crippen LogP contribution in [0.1, 0.15) is 71.1 Å². The molecule has 7 heteroatoms.